The highest BCUT2D eigenvalue weighted by Gasteiger charge is 2.28. The second-order valence-corrected chi connectivity index (χ2v) is 6.39. The van der Waals surface area contributed by atoms with Gasteiger partial charge in [-0.05, 0) is 62.8 Å². The first-order valence-corrected chi connectivity index (χ1v) is 7.90. The molecule has 1 aromatic rings. The van der Waals surface area contributed by atoms with E-state index in [2.05, 4.69) is 42.5 Å². The van der Waals surface area contributed by atoms with Crippen LogP contribution in [0.1, 0.15) is 12.8 Å². The fourth-order valence-corrected chi connectivity index (χ4v) is 3.26. The van der Waals surface area contributed by atoms with Crippen molar-refractivity contribution in [3.8, 4) is 0 Å². The van der Waals surface area contributed by atoms with Gasteiger partial charge < -0.3 is 10.2 Å². The molecule has 0 spiro atoms. The van der Waals surface area contributed by atoms with E-state index in [0.717, 1.165) is 21.2 Å². The number of nitrogens with one attached hydrogen (secondary N) is 3. The number of anilines is 1. The molecule has 1 aromatic carbocycles. The zero-order valence-corrected chi connectivity index (χ0v) is 15.4. The Hall–Kier alpha value is -0.790. The molecule has 0 unspecified atom stereocenters. The van der Waals surface area contributed by atoms with Crippen molar-refractivity contribution in [1.29, 1.82) is 5.41 Å². The summed E-state index contributed by atoms with van der Waals surface area (Å²) in [6.07, 6.45) is 2.34. The minimum absolute atomic E-state index is 0. The highest BCUT2D eigenvalue weighted by atomic mass is 79.9. The molecule has 21 heavy (non-hydrogen) atoms. The molecule has 1 fully saturated rings. The molecule has 116 valence electrons. The number of halogens is 3. The van der Waals surface area contributed by atoms with Crippen molar-refractivity contribution in [3.05, 3.63) is 27.1 Å². The summed E-state index contributed by atoms with van der Waals surface area (Å²) in [6, 6.07) is 5.38. The topological polar surface area (TPSA) is 68.2 Å². The van der Waals surface area contributed by atoms with E-state index >= 15 is 0 Å². The molecular formula is C13H17Br2ClN4O. The third kappa shape index (κ3) is 4.86. The van der Waals surface area contributed by atoms with Crippen LogP contribution in [-0.2, 0) is 0 Å². The third-order valence-corrected chi connectivity index (χ3v) is 4.35. The number of benzene rings is 1. The van der Waals surface area contributed by atoms with E-state index in [0.29, 0.717) is 5.92 Å². The van der Waals surface area contributed by atoms with Gasteiger partial charge in [-0.2, -0.15) is 0 Å². The molecule has 1 aliphatic carbocycles. The van der Waals surface area contributed by atoms with Crippen LogP contribution >= 0.6 is 44.3 Å². The van der Waals surface area contributed by atoms with E-state index < -0.39 is 0 Å². The number of guanidine groups is 1. The number of carbonyl (C=O) groups is 1. The number of urea groups is 1. The Kier molecular flexibility index (Phi) is 6.96. The smallest absolute Gasteiger partial charge is 0.321 e. The van der Waals surface area contributed by atoms with Crippen molar-refractivity contribution in [2.75, 3.05) is 18.5 Å². The van der Waals surface area contributed by atoms with Gasteiger partial charge in [0.15, 0.2) is 0 Å². The lowest BCUT2D eigenvalue weighted by molar-refractivity contribution is 0.247. The Balaban J connectivity index is 0.00000220. The first kappa shape index (κ1) is 18.3. The normalized spacial score (nSPS) is 13.1. The van der Waals surface area contributed by atoms with Crippen molar-refractivity contribution in [3.63, 3.8) is 0 Å². The van der Waals surface area contributed by atoms with Crippen molar-refractivity contribution in [1.82, 2.24) is 10.6 Å². The molecule has 0 radical (unpaired) electrons. The quantitative estimate of drug-likeness (QED) is 0.495. The lowest BCUT2D eigenvalue weighted by Crippen LogP contribution is -2.47. The van der Waals surface area contributed by atoms with E-state index in [1.807, 2.05) is 23.1 Å². The monoisotopic (exact) mass is 438 g/mol. The van der Waals surface area contributed by atoms with E-state index in [4.69, 9.17) is 5.41 Å². The van der Waals surface area contributed by atoms with Crippen molar-refractivity contribution in [2.45, 2.75) is 12.8 Å². The SMILES string of the molecule is CNC(=O)NC(=N)N(CC1CC1)c1c(Br)cccc1Br.Cl. The van der Waals surface area contributed by atoms with Crippen LogP contribution in [0.5, 0.6) is 0 Å². The van der Waals surface area contributed by atoms with Gasteiger partial charge in [-0.25, -0.2) is 4.79 Å². The van der Waals surface area contributed by atoms with Crippen LogP contribution in [-0.4, -0.2) is 25.6 Å². The molecule has 0 heterocycles. The third-order valence-electron chi connectivity index (χ3n) is 3.07. The molecule has 8 heteroatoms. The summed E-state index contributed by atoms with van der Waals surface area (Å²) in [6.45, 7) is 0.726. The number of hydrogen-bond acceptors (Lipinski definition) is 2. The fourth-order valence-electron chi connectivity index (χ4n) is 1.84. The summed E-state index contributed by atoms with van der Waals surface area (Å²) >= 11 is 7.03. The fraction of sp³-hybridized carbons (Fsp3) is 0.385. The van der Waals surface area contributed by atoms with Crippen molar-refractivity contribution < 1.29 is 4.79 Å². The number of amides is 2. The summed E-state index contributed by atoms with van der Waals surface area (Å²) in [7, 11) is 1.53. The number of rotatable bonds is 3. The summed E-state index contributed by atoms with van der Waals surface area (Å²) in [5.41, 5.74) is 0.862. The molecule has 5 nitrogen and oxygen atoms in total. The van der Waals surface area contributed by atoms with E-state index in [-0.39, 0.29) is 24.4 Å². The van der Waals surface area contributed by atoms with E-state index in [9.17, 15) is 4.79 Å². The largest absolute Gasteiger partial charge is 0.341 e. The predicted molar refractivity (Wildman–Crippen MR) is 94.5 cm³/mol. The number of nitrogens with zero attached hydrogens (tertiary/aromatic N) is 1. The molecule has 0 saturated heterocycles. The molecule has 0 bridgehead atoms. The molecule has 2 amide bonds. The maximum absolute atomic E-state index is 11.4. The molecule has 1 aliphatic rings. The van der Waals surface area contributed by atoms with Gasteiger partial charge in [-0.15, -0.1) is 12.4 Å². The molecular weight excluding hydrogens is 423 g/mol. The maximum Gasteiger partial charge on any atom is 0.321 e. The molecule has 0 aromatic heterocycles. The van der Waals surface area contributed by atoms with Gasteiger partial charge >= 0.3 is 6.03 Å². The van der Waals surface area contributed by atoms with Gasteiger partial charge in [0, 0.05) is 22.5 Å². The Morgan fingerprint density at radius 3 is 2.43 bits per heavy atom. The summed E-state index contributed by atoms with van der Waals surface area (Å²) in [4.78, 5) is 13.2. The average molecular weight is 441 g/mol. The number of para-hydroxylation sites is 1. The zero-order chi connectivity index (χ0) is 14.7. The Morgan fingerprint density at radius 1 is 1.38 bits per heavy atom. The minimum atomic E-state index is -0.390. The van der Waals surface area contributed by atoms with Gasteiger partial charge in [0.2, 0.25) is 5.96 Å². The molecule has 1 saturated carbocycles. The van der Waals surface area contributed by atoms with Gasteiger partial charge in [-0.3, -0.25) is 10.7 Å². The van der Waals surface area contributed by atoms with Crippen molar-refractivity contribution >= 4 is 61.9 Å². The highest BCUT2D eigenvalue weighted by Crippen LogP contribution is 2.37. The van der Waals surface area contributed by atoms with Crippen molar-refractivity contribution in [2.24, 2.45) is 5.92 Å². The van der Waals surface area contributed by atoms with Gasteiger partial charge in [-0.1, -0.05) is 6.07 Å². The first-order chi connectivity index (χ1) is 9.52. The van der Waals surface area contributed by atoms with Crippen LogP contribution in [0.15, 0.2) is 27.1 Å². The molecule has 0 aliphatic heterocycles. The van der Waals surface area contributed by atoms with Crippen LogP contribution in [0.4, 0.5) is 10.5 Å². The molecule has 3 N–H and O–H groups in total. The van der Waals surface area contributed by atoms with Crippen LogP contribution in [0.3, 0.4) is 0 Å². The Morgan fingerprint density at radius 2 is 1.95 bits per heavy atom. The first-order valence-electron chi connectivity index (χ1n) is 6.31. The second-order valence-electron chi connectivity index (χ2n) is 4.68. The highest BCUT2D eigenvalue weighted by molar-refractivity contribution is 9.11. The van der Waals surface area contributed by atoms with E-state index in [1.54, 1.807) is 0 Å². The summed E-state index contributed by atoms with van der Waals surface area (Å²) in [5, 5.41) is 13.1. The second kappa shape index (κ2) is 8.00. The van der Waals surface area contributed by atoms with Crippen LogP contribution in [0.2, 0.25) is 0 Å². The average Bonchev–Trinajstić information content (AvgIpc) is 3.21. The lowest BCUT2D eigenvalue weighted by Gasteiger charge is -2.27. The predicted octanol–water partition coefficient (Wildman–Crippen LogP) is 3.71. The van der Waals surface area contributed by atoms with Crippen LogP contribution in [0.25, 0.3) is 0 Å². The Bertz CT molecular complexity index is 517. The van der Waals surface area contributed by atoms with Crippen LogP contribution < -0.4 is 15.5 Å². The number of carbonyl (C=O) groups excluding carboxylic acids is 1. The van der Waals surface area contributed by atoms with Gasteiger partial charge in [0.25, 0.3) is 0 Å². The summed E-state index contributed by atoms with van der Waals surface area (Å²) < 4.78 is 1.77. The summed E-state index contributed by atoms with van der Waals surface area (Å²) in [5.74, 6) is 0.657. The van der Waals surface area contributed by atoms with Crippen LogP contribution in [0, 0.1) is 11.3 Å². The van der Waals surface area contributed by atoms with E-state index in [1.165, 1.54) is 19.9 Å². The van der Waals surface area contributed by atoms with Gasteiger partial charge in [0.1, 0.15) is 0 Å². The Labute approximate surface area is 147 Å². The standard InChI is InChI=1S/C13H16Br2N4O.ClH/c1-17-13(20)18-12(16)19(7-8-5-6-8)11-9(14)3-2-4-10(11)15;/h2-4,8H,5-7H2,1H3,(H3,16,17,18,20);1H. The molecule has 0 atom stereocenters. The lowest BCUT2D eigenvalue weighted by atomic mass is 10.2. The minimum Gasteiger partial charge on any atom is -0.341 e. The van der Waals surface area contributed by atoms with Gasteiger partial charge in [0.05, 0.1) is 5.69 Å². The maximum atomic E-state index is 11.4. The zero-order valence-electron chi connectivity index (χ0n) is 11.5. The number of hydrogen-bond donors (Lipinski definition) is 3. The molecule has 2 rings (SSSR count).